The Labute approximate surface area is 160 Å². The molecule has 0 aromatic heterocycles. The van der Waals surface area contributed by atoms with Crippen LogP contribution in [0.25, 0.3) is 0 Å². The van der Waals surface area contributed by atoms with Gasteiger partial charge in [0.05, 0.1) is 19.2 Å². The number of nitrogens with zero attached hydrogens (tertiary/aromatic N) is 1. The lowest BCUT2D eigenvalue weighted by Gasteiger charge is -2.16. The molecule has 2 aromatic carbocycles. The van der Waals surface area contributed by atoms with E-state index >= 15 is 0 Å². The summed E-state index contributed by atoms with van der Waals surface area (Å²) >= 11 is 0. The molecule has 0 aliphatic carbocycles. The fourth-order valence-electron chi connectivity index (χ4n) is 2.71. The first-order valence-corrected chi connectivity index (χ1v) is 9.03. The Bertz CT molecular complexity index is 755. The highest BCUT2D eigenvalue weighted by atomic mass is 16.5. The van der Waals surface area contributed by atoms with Crippen LogP contribution in [-0.2, 0) is 16.1 Å². The quantitative estimate of drug-likeness (QED) is 0.693. The summed E-state index contributed by atoms with van der Waals surface area (Å²) in [6.07, 6.45) is 0. The lowest BCUT2D eigenvalue weighted by atomic mass is 10.2. The summed E-state index contributed by atoms with van der Waals surface area (Å²) in [6.45, 7) is 3.23. The van der Waals surface area contributed by atoms with Gasteiger partial charge in [0.2, 0.25) is 0 Å². The fraction of sp³-hybridized carbons (Fsp3) is 0.333. The molecular weight excluding hydrogens is 342 g/mol. The standard InChI is InChI=1S/C21H27N3O3/c1-5-27-21(26)17-8-10-18(11-9-17)22-20(25)15-24(4)14-16-6-12-19(13-7-16)23(2)3/h6-13H,5,14-15H2,1-4H3,(H,22,25)/p+1. The van der Waals surface area contributed by atoms with Crippen molar-refractivity contribution in [3.63, 3.8) is 0 Å². The number of carbonyl (C=O) groups is 2. The summed E-state index contributed by atoms with van der Waals surface area (Å²) in [7, 11) is 6.01. The van der Waals surface area contributed by atoms with E-state index in [2.05, 4.69) is 34.5 Å². The van der Waals surface area contributed by atoms with Crippen LogP contribution in [-0.4, -0.2) is 46.2 Å². The minimum Gasteiger partial charge on any atom is -0.462 e. The molecule has 0 bridgehead atoms. The van der Waals surface area contributed by atoms with Crippen molar-refractivity contribution in [1.29, 1.82) is 0 Å². The molecule has 6 heteroatoms. The number of likely N-dealkylation sites (N-methyl/N-ethyl adjacent to an activating group) is 1. The Hall–Kier alpha value is -2.86. The molecule has 2 N–H and O–H groups in total. The van der Waals surface area contributed by atoms with Crippen LogP contribution >= 0.6 is 0 Å². The maximum atomic E-state index is 12.2. The van der Waals surface area contributed by atoms with Crippen LogP contribution in [0.5, 0.6) is 0 Å². The molecule has 0 saturated heterocycles. The van der Waals surface area contributed by atoms with E-state index in [1.54, 1.807) is 31.2 Å². The molecule has 0 fully saturated rings. The van der Waals surface area contributed by atoms with Crippen LogP contribution in [0.4, 0.5) is 11.4 Å². The first-order chi connectivity index (χ1) is 12.9. The number of carbonyl (C=O) groups excluding carboxylic acids is 2. The highest BCUT2D eigenvalue weighted by Gasteiger charge is 2.12. The zero-order valence-corrected chi connectivity index (χ0v) is 16.4. The third-order valence-corrected chi connectivity index (χ3v) is 4.10. The van der Waals surface area contributed by atoms with E-state index in [0.29, 0.717) is 24.4 Å². The van der Waals surface area contributed by atoms with Crippen molar-refractivity contribution in [2.24, 2.45) is 0 Å². The van der Waals surface area contributed by atoms with Gasteiger partial charge in [-0.25, -0.2) is 4.79 Å². The monoisotopic (exact) mass is 370 g/mol. The number of hydrogen-bond donors (Lipinski definition) is 2. The molecule has 6 nitrogen and oxygen atoms in total. The van der Waals surface area contributed by atoms with E-state index in [0.717, 1.165) is 17.1 Å². The molecule has 0 radical (unpaired) electrons. The first-order valence-electron chi connectivity index (χ1n) is 9.03. The number of nitrogens with one attached hydrogen (secondary N) is 2. The Kier molecular flexibility index (Phi) is 7.37. The van der Waals surface area contributed by atoms with E-state index < -0.39 is 0 Å². The number of benzene rings is 2. The van der Waals surface area contributed by atoms with Gasteiger partial charge in [0.15, 0.2) is 6.54 Å². The molecule has 1 atom stereocenters. The number of ether oxygens (including phenoxy) is 1. The van der Waals surface area contributed by atoms with E-state index in [4.69, 9.17) is 4.74 Å². The van der Waals surface area contributed by atoms with Crippen LogP contribution in [0.15, 0.2) is 48.5 Å². The largest absolute Gasteiger partial charge is 0.462 e. The summed E-state index contributed by atoms with van der Waals surface area (Å²) in [5.74, 6) is -0.430. The highest BCUT2D eigenvalue weighted by molar-refractivity contribution is 5.93. The third-order valence-electron chi connectivity index (χ3n) is 4.10. The number of hydrogen-bond acceptors (Lipinski definition) is 4. The van der Waals surface area contributed by atoms with Gasteiger partial charge in [-0.05, 0) is 43.3 Å². The van der Waals surface area contributed by atoms with E-state index in [1.165, 1.54) is 5.56 Å². The fourth-order valence-corrected chi connectivity index (χ4v) is 2.71. The summed E-state index contributed by atoms with van der Waals surface area (Å²) in [4.78, 5) is 27.0. The van der Waals surface area contributed by atoms with Crippen molar-refractivity contribution in [2.45, 2.75) is 13.5 Å². The number of anilines is 2. The number of quaternary nitrogens is 1. The van der Waals surface area contributed by atoms with Gasteiger partial charge in [-0.1, -0.05) is 12.1 Å². The summed E-state index contributed by atoms with van der Waals surface area (Å²) < 4.78 is 4.95. The number of rotatable bonds is 8. The molecule has 2 rings (SSSR count). The number of amides is 1. The van der Waals surface area contributed by atoms with Gasteiger partial charge in [0.25, 0.3) is 5.91 Å². The van der Waals surface area contributed by atoms with Crippen molar-refractivity contribution in [1.82, 2.24) is 0 Å². The molecule has 2 aromatic rings. The van der Waals surface area contributed by atoms with Crippen molar-refractivity contribution in [3.8, 4) is 0 Å². The SMILES string of the molecule is CCOC(=O)c1ccc(NC(=O)C[NH+](C)Cc2ccc(N(C)C)cc2)cc1. The second kappa shape index (κ2) is 9.73. The lowest BCUT2D eigenvalue weighted by Crippen LogP contribution is -3.08. The maximum Gasteiger partial charge on any atom is 0.338 e. The Morgan fingerprint density at radius 2 is 1.67 bits per heavy atom. The van der Waals surface area contributed by atoms with E-state index in [1.807, 2.05) is 21.1 Å². The second-order valence-corrected chi connectivity index (χ2v) is 6.72. The van der Waals surface area contributed by atoms with E-state index in [-0.39, 0.29) is 11.9 Å². The first kappa shape index (κ1) is 20.5. The van der Waals surface area contributed by atoms with Crippen molar-refractivity contribution < 1.29 is 19.2 Å². The minimum atomic E-state index is -0.361. The number of esters is 1. The van der Waals surface area contributed by atoms with Gasteiger partial charge < -0.3 is 19.9 Å². The second-order valence-electron chi connectivity index (χ2n) is 6.72. The zero-order chi connectivity index (χ0) is 19.8. The van der Waals surface area contributed by atoms with Gasteiger partial charge in [0, 0.05) is 31.0 Å². The molecule has 144 valence electrons. The van der Waals surface area contributed by atoms with Gasteiger partial charge in [0.1, 0.15) is 6.54 Å². The Morgan fingerprint density at radius 1 is 1.04 bits per heavy atom. The normalized spacial score (nSPS) is 11.6. The Morgan fingerprint density at radius 3 is 2.22 bits per heavy atom. The molecule has 1 unspecified atom stereocenters. The molecule has 0 aliphatic rings. The van der Waals surface area contributed by atoms with Crippen molar-refractivity contribution in [3.05, 3.63) is 59.7 Å². The third kappa shape index (κ3) is 6.42. The van der Waals surface area contributed by atoms with Gasteiger partial charge in [-0.2, -0.15) is 0 Å². The average molecular weight is 370 g/mol. The van der Waals surface area contributed by atoms with Crippen LogP contribution in [0.3, 0.4) is 0 Å². The summed E-state index contributed by atoms with van der Waals surface area (Å²) in [6, 6.07) is 15.0. The minimum absolute atomic E-state index is 0.0682. The predicted octanol–water partition coefficient (Wildman–Crippen LogP) is 1.58. The smallest absolute Gasteiger partial charge is 0.338 e. The van der Waals surface area contributed by atoms with Gasteiger partial charge >= 0.3 is 5.97 Å². The lowest BCUT2D eigenvalue weighted by molar-refractivity contribution is -0.885. The maximum absolute atomic E-state index is 12.2. The summed E-state index contributed by atoms with van der Waals surface area (Å²) in [5.41, 5.74) is 3.47. The Balaban J connectivity index is 1.84. The van der Waals surface area contributed by atoms with Crippen LogP contribution < -0.4 is 15.1 Å². The molecule has 27 heavy (non-hydrogen) atoms. The highest BCUT2D eigenvalue weighted by Crippen LogP contribution is 2.12. The zero-order valence-electron chi connectivity index (χ0n) is 16.4. The molecule has 0 saturated carbocycles. The van der Waals surface area contributed by atoms with Crippen LogP contribution in [0.1, 0.15) is 22.8 Å². The summed E-state index contributed by atoms with van der Waals surface area (Å²) in [5, 5.41) is 2.86. The molecule has 0 aliphatic heterocycles. The predicted molar refractivity (Wildman–Crippen MR) is 107 cm³/mol. The average Bonchev–Trinajstić information content (AvgIpc) is 2.62. The molecule has 0 spiro atoms. The van der Waals surface area contributed by atoms with Crippen molar-refractivity contribution >= 4 is 23.3 Å². The van der Waals surface area contributed by atoms with E-state index in [9.17, 15) is 9.59 Å². The molecular formula is C21H28N3O3+. The molecule has 1 amide bonds. The molecule has 0 heterocycles. The van der Waals surface area contributed by atoms with Crippen LogP contribution in [0.2, 0.25) is 0 Å². The van der Waals surface area contributed by atoms with Gasteiger partial charge in [-0.15, -0.1) is 0 Å². The topological polar surface area (TPSA) is 63.1 Å². The van der Waals surface area contributed by atoms with Crippen molar-refractivity contribution in [2.75, 3.05) is 44.5 Å². The van der Waals surface area contributed by atoms with Crippen LogP contribution in [0, 0.1) is 0 Å². The van der Waals surface area contributed by atoms with Gasteiger partial charge in [-0.3, -0.25) is 4.79 Å².